The maximum atomic E-state index is 11.2. The van der Waals surface area contributed by atoms with E-state index in [2.05, 4.69) is 0 Å². The van der Waals surface area contributed by atoms with Crippen molar-refractivity contribution in [2.75, 3.05) is 0 Å². The second-order valence-electron chi connectivity index (χ2n) is 2.97. The Hall–Kier alpha value is -1.10. The third-order valence-corrected chi connectivity index (χ3v) is 6.34. The van der Waals surface area contributed by atoms with Gasteiger partial charge in [0.15, 0.2) is 0 Å². The van der Waals surface area contributed by atoms with E-state index in [-0.39, 0.29) is 0 Å². The van der Waals surface area contributed by atoms with Gasteiger partial charge in [-0.3, -0.25) is 0 Å². The molecule has 0 aromatic rings. The second kappa shape index (κ2) is 3.74. The van der Waals surface area contributed by atoms with Crippen LogP contribution in [0, 0.1) is 0 Å². The van der Waals surface area contributed by atoms with Gasteiger partial charge in [0.25, 0.3) is 0 Å². The van der Waals surface area contributed by atoms with E-state index in [4.69, 9.17) is 0 Å². The Balaban J connectivity index is 5.60. The van der Waals surface area contributed by atoms with Crippen LogP contribution in [0.2, 0.25) is 0 Å². The standard InChI is InChI=1S/C8H12O4Si/c1-5(9)13(6(2)10,7(3)11)8(4)12/h1-4H3. The van der Waals surface area contributed by atoms with Gasteiger partial charge in [-0.2, -0.15) is 0 Å². The van der Waals surface area contributed by atoms with E-state index in [1.165, 1.54) is 0 Å². The number of hydrogen-bond acceptors (Lipinski definition) is 4. The largest absolute Gasteiger partial charge is 0.345 e. The molecule has 0 heterocycles. The fourth-order valence-corrected chi connectivity index (χ4v) is 4.46. The first-order valence-electron chi connectivity index (χ1n) is 3.82. The monoisotopic (exact) mass is 200 g/mol. The number of rotatable bonds is 4. The maximum absolute atomic E-state index is 11.2. The molecule has 0 aliphatic heterocycles. The zero-order chi connectivity index (χ0) is 10.8. The molecule has 0 aliphatic rings. The van der Waals surface area contributed by atoms with Crippen LogP contribution in [0.15, 0.2) is 0 Å². The lowest BCUT2D eigenvalue weighted by Gasteiger charge is -2.18. The van der Waals surface area contributed by atoms with Crippen molar-refractivity contribution in [1.29, 1.82) is 0 Å². The van der Waals surface area contributed by atoms with Crippen molar-refractivity contribution in [3.05, 3.63) is 0 Å². The van der Waals surface area contributed by atoms with Gasteiger partial charge in [-0.25, -0.2) is 0 Å². The van der Waals surface area contributed by atoms with Gasteiger partial charge in [0.1, 0.15) is 21.6 Å². The molecule has 0 aromatic heterocycles. The Kier molecular flexibility index (Phi) is 3.42. The summed E-state index contributed by atoms with van der Waals surface area (Å²) in [7, 11) is -3.66. The van der Waals surface area contributed by atoms with Crippen LogP contribution in [0.1, 0.15) is 27.7 Å². The Labute approximate surface area is 77.3 Å². The molecule has 0 amide bonds. The first-order chi connectivity index (χ1) is 5.77. The Bertz CT molecular complexity index is 231. The quantitative estimate of drug-likeness (QED) is 0.596. The van der Waals surface area contributed by atoms with Crippen molar-refractivity contribution in [2.45, 2.75) is 27.7 Å². The number of carbonyl (C=O) groups excluding carboxylic acids is 4. The average Bonchev–Trinajstić information content (AvgIpc) is 1.82. The van der Waals surface area contributed by atoms with Crippen LogP contribution in [0.4, 0.5) is 0 Å². The summed E-state index contributed by atoms with van der Waals surface area (Å²) in [5.41, 5.74) is 0. The van der Waals surface area contributed by atoms with Gasteiger partial charge in [0, 0.05) is 0 Å². The molecule has 0 saturated heterocycles. The van der Waals surface area contributed by atoms with Crippen LogP contribution in [0.25, 0.3) is 0 Å². The van der Waals surface area contributed by atoms with Gasteiger partial charge in [0.2, 0.25) is 0 Å². The average molecular weight is 200 g/mol. The van der Waals surface area contributed by atoms with E-state index >= 15 is 0 Å². The van der Waals surface area contributed by atoms with Crippen molar-refractivity contribution in [1.82, 2.24) is 0 Å². The van der Waals surface area contributed by atoms with Crippen LogP contribution < -0.4 is 0 Å². The van der Waals surface area contributed by atoms with E-state index in [9.17, 15) is 19.2 Å². The van der Waals surface area contributed by atoms with Gasteiger partial charge >= 0.3 is 8.07 Å². The normalized spacial score (nSPS) is 10.8. The molecule has 0 bridgehead atoms. The smallest absolute Gasteiger partial charge is 0.304 e. The van der Waals surface area contributed by atoms with Crippen LogP contribution in [-0.4, -0.2) is 29.7 Å². The van der Waals surface area contributed by atoms with E-state index in [0.717, 1.165) is 27.7 Å². The van der Waals surface area contributed by atoms with E-state index in [1.807, 2.05) is 0 Å². The van der Waals surface area contributed by atoms with Crippen molar-refractivity contribution >= 4 is 29.7 Å². The molecule has 0 saturated carbocycles. The molecule has 4 nitrogen and oxygen atoms in total. The molecule has 0 fully saturated rings. The fourth-order valence-electron chi connectivity index (χ4n) is 1.49. The Morgan fingerprint density at radius 3 is 0.769 bits per heavy atom. The molecule has 72 valence electrons. The first kappa shape index (κ1) is 11.9. The minimum atomic E-state index is -3.66. The van der Waals surface area contributed by atoms with Crippen LogP contribution in [-0.2, 0) is 19.2 Å². The second-order valence-corrected chi connectivity index (χ2v) is 7.29. The van der Waals surface area contributed by atoms with E-state index in [1.54, 1.807) is 0 Å². The lowest BCUT2D eigenvalue weighted by atomic mass is 10.8. The summed E-state index contributed by atoms with van der Waals surface area (Å²) in [4.78, 5) is 44.8. The molecule has 0 aliphatic carbocycles. The third kappa shape index (κ3) is 1.65. The molecule has 0 rings (SSSR count). The van der Waals surface area contributed by atoms with Crippen LogP contribution in [0.5, 0.6) is 0 Å². The highest BCUT2D eigenvalue weighted by molar-refractivity contribution is 7.53. The Morgan fingerprint density at radius 1 is 0.615 bits per heavy atom. The first-order valence-corrected chi connectivity index (χ1v) is 5.82. The lowest BCUT2D eigenvalue weighted by molar-refractivity contribution is -0.120. The van der Waals surface area contributed by atoms with E-state index < -0.39 is 29.7 Å². The highest BCUT2D eigenvalue weighted by Gasteiger charge is 2.54. The topological polar surface area (TPSA) is 68.3 Å². The van der Waals surface area contributed by atoms with Gasteiger partial charge in [0.05, 0.1) is 0 Å². The highest BCUT2D eigenvalue weighted by atomic mass is 28.3. The molecule has 0 spiro atoms. The summed E-state index contributed by atoms with van der Waals surface area (Å²) < 4.78 is 0. The highest BCUT2D eigenvalue weighted by Crippen LogP contribution is 2.09. The molecular formula is C8H12O4Si. The van der Waals surface area contributed by atoms with Crippen molar-refractivity contribution < 1.29 is 19.2 Å². The van der Waals surface area contributed by atoms with Gasteiger partial charge < -0.3 is 19.2 Å². The minimum absolute atomic E-state index is 0.569. The maximum Gasteiger partial charge on any atom is 0.345 e. The summed E-state index contributed by atoms with van der Waals surface area (Å²) in [6.45, 7) is 4.54. The number of carbonyl (C=O) groups is 4. The zero-order valence-corrected chi connectivity index (χ0v) is 9.13. The minimum Gasteiger partial charge on any atom is -0.304 e. The summed E-state index contributed by atoms with van der Waals surface area (Å²) >= 11 is 0. The third-order valence-electron chi connectivity index (χ3n) is 2.11. The van der Waals surface area contributed by atoms with Crippen LogP contribution >= 0.6 is 0 Å². The summed E-state index contributed by atoms with van der Waals surface area (Å²) in [5, 5.41) is -2.28. The SMILES string of the molecule is CC(=O)[Si](C(C)=O)(C(C)=O)C(C)=O. The van der Waals surface area contributed by atoms with Crippen molar-refractivity contribution in [3.8, 4) is 0 Å². The fraction of sp³-hybridized carbons (Fsp3) is 0.500. The molecule has 5 heteroatoms. The lowest BCUT2D eigenvalue weighted by Crippen LogP contribution is -2.62. The predicted octanol–water partition coefficient (Wildman–Crippen LogP) is -0.0520. The zero-order valence-electron chi connectivity index (χ0n) is 8.13. The van der Waals surface area contributed by atoms with Crippen molar-refractivity contribution in [3.63, 3.8) is 0 Å². The molecule has 0 atom stereocenters. The van der Waals surface area contributed by atoms with Gasteiger partial charge in [-0.15, -0.1) is 0 Å². The van der Waals surface area contributed by atoms with Crippen LogP contribution in [0.3, 0.4) is 0 Å². The summed E-state index contributed by atoms with van der Waals surface area (Å²) in [6.07, 6.45) is 0. The molecule has 13 heavy (non-hydrogen) atoms. The summed E-state index contributed by atoms with van der Waals surface area (Å²) in [6, 6.07) is 0. The molecule has 0 unspecified atom stereocenters. The van der Waals surface area contributed by atoms with E-state index in [0.29, 0.717) is 0 Å². The van der Waals surface area contributed by atoms with Crippen molar-refractivity contribution in [2.24, 2.45) is 0 Å². The van der Waals surface area contributed by atoms with Gasteiger partial charge in [-0.1, -0.05) is 0 Å². The predicted molar refractivity (Wildman–Crippen MR) is 48.5 cm³/mol. The summed E-state index contributed by atoms with van der Waals surface area (Å²) in [5.74, 6) is 0. The molecule has 0 aromatic carbocycles. The molecular weight excluding hydrogens is 188 g/mol. The molecule has 0 N–H and O–H groups in total. The Morgan fingerprint density at radius 2 is 0.769 bits per heavy atom. The van der Waals surface area contributed by atoms with Gasteiger partial charge in [-0.05, 0) is 27.7 Å². The molecule has 0 radical (unpaired) electrons. The number of hydrogen-bond donors (Lipinski definition) is 0.